The van der Waals surface area contributed by atoms with Crippen molar-refractivity contribution in [1.82, 2.24) is 9.97 Å². The Hall–Kier alpha value is -8.72. The Morgan fingerprint density at radius 2 is 0.621 bits per heavy atom. The summed E-state index contributed by atoms with van der Waals surface area (Å²) in [5.41, 5.74) is 18.1. The molecule has 0 bridgehead atoms. The molecule has 2 nitrogen and oxygen atoms in total. The molecule has 0 amide bonds. The van der Waals surface area contributed by atoms with Crippen molar-refractivity contribution >= 4 is 32.4 Å². The highest BCUT2D eigenvalue weighted by Gasteiger charge is 2.16. The molecule has 0 aliphatic carbocycles. The van der Waals surface area contributed by atoms with E-state index in [9.17, 15) is 0 Å². The molecule has 2 heteroatoms. The summed E-state index contributed by atoms with van der Waals surface area (Å²) in [6.45, 7) is 0. The van der Waals surface area contributed by atoms with Gasteiger partial charge >= 0.3 is 0 Å². The van der Waals surface area contributed by atoms with Crippen molar-refractivity contribution < 1.29 is 0 Å². The third-order valence-electron chi connectivity index (χ3n) is 12.9. The Kier molecular flexibility index (Phi) is 9.89. The predicted molar refractivity (Wildman–Crippen MR) is 278 cm³/mol. The lowest BCUT2D eigenvalue weighted by Gasteiger charge is -2.13. The van der Waals surface area contributed by atoms with E-state index in [-0.39, 0.29) is 0 Å². The van der Waals surface area contributed by atoms with Crippen LogP contribution in [0.2, 0.25) is 0 Å². The molecule has 0 aliphatic rings. The first-order valence-corrected chi connectivity index (χ1v) is 22.5. The van der Waals surface area contributed by atoms with Gasteiger partial charge in [-0.2, -0.15) is 0 Å². The van der Waals surface area contributed by atoms with Gasteiger partial charge in [0.1, 0.15) is 0 Å². The van der Waals surface area contributed by atoms with Crippen molar-refractivity contribution in [2.45, 2.75) is 0 Å². The van der Waals surface area contributed by atoms with Crippen molar-refractivity contribution in [2.24, 2.45) is 0 Å². The Balaban J connectivity index is 0.851. The molecule has 0 saturated heterocycles. The zero-order valence-electron chi connectivity index (χ0n) is 36.1. The zero-order valence-corrected chi connectivity index (χ0v) is 36.1. The highest BCUT2D eigenvalue weighted by Crippen LogP contribution is 2.38. The van der Waals surface area contributed by atoms with Crippen molar-refractivity contribution in [3.63, 3.8) is 0 Å². The van der Waals surface area contributed by atoms with E-state index < -0.39 is 0 Å². The summed E-state index contributed by atoms with van der Waals surface area (Å²) in [7, 11) is 0. The van der Waals surface area contributed by atoms with E-state index in [0.29, 0.717) is 5.82 Å². The number of hydrogen-bond donors (Lipinski definition) is 0. The molecule has 12 aromatic rings. The first-order valence-electron chi connectivity index (χ1n) is 22.5. The Morgan fingerprint density at radius 3 is 1.23 bits per heavy atom. The van der Waals surface area contributed by atoms with Crippen LogP contribution in [0.4, 0.5) is 0 Å². The minimum atomic E-state index is 0.702. The third-order valence-corrected chi connectivity index (χ3v) is 12.9. The van der Waals surface area contributed by atoms with Gasteiger partial charge in [0.05, 0.1) is 11.2 Å². The third kappa shape index (κ3) is 7.41. The van der Waals surface area contributed by atoms with E-state index in [1.165, 1.54) is 60.7 Å². The van der Waals surface area contributed by atoms with Gasteiger partial charge < -0.3 is 0 Å². The molecule has 0 radical (unpaired) electrons. The average Bonchev–Trinajstić information content (AvgIpc) is 3.41. The van der Waals surface area contributed by atoms with E-state index >= 15 is 0 Å². The molecular formula is C64H42N2. The smallest absolute Gasteiger partial charge is 0.160 e. The van der Waals surface area contributed by atoms with Crippen molar-refractivity contribution in [2.75, 3.05) is 0 Å². The topological polar surface area (TPSA) is 25.8 Å². The van der Waals surface area contributed by atoms with Gasteiger partial charge in [0, 0.05) is 16.5 Å². The molecule has 1 heterocycles. The zero-order chi connectivity index (χ0) is 43.8. The van der Waals surface area contributed by atoms with Crippen LogP contribution < -0.4 is 0 Å². The quantitative estimate of drug-likeness (QED) is 0.143. The van der Waals surface area contributed by atoms with Crippen LogP contribution in [0.15, 0.2) is 255 Å². The number of hydrogen-bond acceptors (Lipinski definition) is 2. The fourth-order valence-electron chi connectivity index (χ4n) is 9.46. The predicted octanol–water partition coefficient (Wildman–Crippen LogP) is 17.3. The van der Waals surface area contributed by atoms with Gasteiger partial charge in [-0.3, -0.25) is 0 Å². The minimum absolute atomic E-state index is 0.702. The average molecular weight is 839 g/mol. The first kappa shape index (κ1) is 38.9. The second-order valence-corrected chi connectivity index (χ2v) is 16.9. The van der Waals surface area contributed by atoms with E-state index in [1.54, 1.807) is 0 Å². The van der Waals surface area contributed by atoms with E-state index in [4.69, 9.17) is 9.97 Å². The summed E-state index contributed by atoms with van der Waals surface area (Å²) in [5.74, 6) is 0.702. The molecule has 66 heavy (non-hydrogen) atoms. The van der Waals surface area contributed by atoms with Crippen LogP contribution in [-0.2, 0) is 0 Å². The summed E-state index contributed by atoms with van der Waals surface area (Å²) in [4.78, 5) is 10.6. The summed E-state index contributed by atoms with van der Waals surface area (Å²) < 4.78 is 0. The molecule has 0 spiro atoms. The monoisotopic (exact) mass is 838 g/mol. The van der Waals surface area contributed by atoms with Gasteiger partial charge in [-0.25, -0.2) is 9.97 Å². The minimum Gasteiger partial charge on any atom is -0.228 e. The SMILES string of the molecule is c1ccc(-c2cccc(-c3ccc(-c4cccc(-c5nc(-c6ccc(-c7ccc(-c8cccc(-c9cccc%10ccccc9%10)c8)cc7)cc6)nc6ccc7ccccc7c56)c4)cc3)c2)cc1. The van der Waals surface area contributed by atoms with Crippen molar-refractivity contribution in [3.05, 3.63) is 255 Å². The Morgan fingerprint density at radius 1 is 0.227 bits per heavy atom. The number of fused-ring (bicyclic) bond motifs is 4. The Labute approximate surface area is 384 Å². The molecule has 0 saturated carbocycles. The molecule has 0 N–H and O–H groups in total. The number of aromatic nitrogens is 2. The van der Waals surface area contributed by atoms with Gasteiger partial charge in [-0.15, -0.1) is 0 Å². The highest BCUT2D eigenvalue weighted by atomic mass is 14.9. The largest absolute Gasteiger partial charge is 0.228 e. The summed E-state index contributed by atoms with van der Waals surface area (Å²) >= 11 is 0. The summed E-state index contributed by atoms with van der Waals surface area (Å²) in [5, 5.41) is 5.88. The maximum Gasteiger partial charge on any atom is 0.160 e. The molecule has 12 rings (SSSR count). The molecule has 0 atom stereocenters. The fourth-order valence-corrected chi connectivity index (χ4v) is 9.46. The van der Waals surface area contributed by atoms with Crippen molar-refractivity contribution in [1.29, 1.82) is 0 Å². The Bertz CT molecular complexity index is 3720. The molecule has 11 aromatic carbocycles. The standard InChI is InChI=1S/C64H42N2/c1-2-12-43(13-3-1)52-17-8-18-53(40-52)46-30-32-48(33-31-46)55-20-10-22-57(42-55)63-62-60-24-7-5-15-50(60)38-39-61(62)65-64(66-63)51-36-34-45(35-37-51)44-26-28-47(29-27-44)54-19-9-21-56(41-54)59-25-11-16-49-14-4-6-23-58(49)59/h1-42H. The number of rotatable bonds is 8. The van der Waals surface area contributed by atoms with Crippen LogP contribution in [-0.4, -0.2) is 9.97 Å². The molecule has 0 fully saturated rings. The van der Waals surface area contributed by atoms with Crippen molar-refractivity contribution in [3.8, 4) is 89.4 Å². The second kappa shape index (κ2) is 16.8. The van der Waals surface area contributed by atoms with Gasteiger partial charge in [-0.1, -0.05) is 231 Å². The molecule has 1 aromatic heterocycles. The lowest BCUT2D eigenvalue weighted by Crippen LogP contribution is -1.96. The fraction of sp³-hybridized carbons (Fsp3) is 0. The van der Waals surface area contributed by atoms with Gasteiger partial charge in [0.15, 0.2) is 5.82 Å². The highest BCUT2D eigenvalue weighted by molar-refractivity contribution is 6.12. The first-order chi connectivity index (χ1) is 32.7. The molecule has 0 unspecified atom stereocenters. The van der Waals surface area contributed by atoms with E-state index in [2.05, 4.69) is 255 Å². The lowest BCUT2D eigenvalue weighted by atomic mass is 9.94. The second-order valence-electron chi connectivity index (χ2n) is 16.9. The van der Waals surface area contributed by atoms with Crippen LogP contribution in [0.1, 0.15) is 0 Å². The maximum absolute atomic E-state index is 5.40. The molecular weight excluding hydrogens is 797 g/mol. The lowest BCUT2D eigenvalue weighted by molar-refractivity contribution is 1.23. The van der Waals surface area contributed by atoms with Crippen LogP contribution >= 0.6 is 0 Å². The van der Waals surface area contributed by atoms with Crippen LogP contribution in [0.3, 0.4) is 0 Å². The maximum atomic E-state index is 5.40. The van der Waals surface area contributed by atoms with Crippen LogP contribution in [0, 0.1) is 0 Å². The van der Waals surface area contributed by atoms with Crippen LogP contribution in [0.5, 0.6) is 0 Å². The summed E-state index contributed by atoms with van der Waals surface area (Å²) in [6, 6.07) is 91.3. The molecule has 0 aliphatic heterocycles. The van der Waals surface area contributed by atoms with Gasteiger partial charge in [0.2, 0.25) is 0 Å². The number of benzene rings is 11. The van der Waals surface area contributed by atoms with Gasteiger partial charge in [-0.05, 0) is 113 Å². The summed E-state index contributed by atoms with van der Waals surface area (Å²) in [6.07, 6.45) is 0. The van der Waals surface area contributed by atoms with E-state index in [1.807, 2.05) is 0 Å². The van der Waals surface area contributed by atoms with Crippen LogP contribution in [0.25, 0.3) is 122 Å². The number of nitrogens with zero attached hydrogens (tertiary/aromatic N) is 2. The molecule has 308 valence electrons. The normalized spacial score (nSPS) is 11.3. The van der Waals surface area contributed by atoms with Gasteiger partial charge in [0.25, 0.3) is 0 Å². The van der Waals surface area contributed by atoms with E-state index in [0.717, 1.165) is 55.4 Å².